The van der Waals surface area contributed by atoms with Gasteiger partial charge >= 0.3 is 0 Å². The lowest BCUT2D eigenvalue weighted by atomic mass is 10.2. The third kappa shape index (κ3) is 6.64. The molecule has 0 radical (unpaired) electrons. The summed E-state index contributed by atoms with van der Waals surface area (Å²) in [5.41, 5.74) is 6.58. The van der Waals surface area contributed by atoms with Gasteiger partial charge in [-0.1, -0.05) is 15.9 Å². The van der Waals surface area contributed by atoms with Gasteiger partial charge in [-0.15, -0.1) is 24.0 Å². The minimum absolute atomic E-state index is 0. The second kappa shape index (κ2) is 10.1. The third-order valence-corrected chi connectivity index (χ3v) is 3.87. The van der Waals surface area contributed by atoms with E-state index in [-0.39, 0.29) is 36.0 Å². The van der Waals surface area contributed by atoms with Crippen molar-refractivity contribution in [3.05, 3.63) is 34.3 Å². The Labute approximate surface area is 162 Å². The van der Waals surface area contributed by atoms with Gasteiger partial charge in [0.25, 0.3) is 5.91 Å². The Kier molecular flexibility index (Phi) is 8.85. The molecule has 0 bridgehead atoms. The summed E-state index contributed by atoms with van der Waals surface area (Å²) in [6.07, 6.45) is 0.166. The Morgan fingerprint density at radius 2 is 2.17 bits per heavy atom. The number of nitrogens with two attached hydrogens (primary N) is 1. The molecule has 23 heavy (non-hydrogen) atoms. The number of hydrogen-bond donors (Lipinski definition) is 2. The van der Waals surface area contributed by atoms with E-state index in [0.29, 0.717) is 31.2 Å². The van der Waals surface area contributed by atoms with Crippen LogP contribution in [0.3, 0.4) is 0 Å². The summed E-state index contributed by atoms with van der Waals surface area (Å²) >= 11 is 3.34. The first kappa shape index (κ1) is 20.2. The molecule has 1 atom stereocenters. The largest absolute Gasteiger partial charge is 0.375 e. The number of halogens is 2. The van der Waals surface area contributed by atoms with Crippen LogP contribution in [0.5, 0.6) is 0 Å². The van der Waals surface area contributed by atoms with Crippen molar-refractivity contribution in [2.45, 2.75) is 13.0 Å². The maximum absolute atomic E-state index is 11.9. The van der Waals surface area contributed by atoms with Crippen LogP contribution in [0.15, 0.2) is 33.7 Å². The van der Waals surface area contributed by atoms with Gasteiger partial charge in [0.1, 0.15) is 0 Å². The third-order valence-electron chi connectivity index (χ3n) is 3.34. The molecule has 128 valence electrons. The van der Waals surface area contributed by atoms with Gasteiger partial charge in [0.15, 0.2) is 5.96 Å². The number of morpholine rings is 1. The van der Waals surface area contributed by atoms with Gasteiger partial charge in [0.05, 0.1) is 19.3 Å². The van der Waals surface area contributed by atoms with E-state index in [1.807, 2.05) is 24.0 Å². The number of hydrogen-bond acceptors (Lipinski definition) is 3. The quantitative estimate of drug-likeness (QED) is 0.288. The standard InChI is InChI=1S/C15H21BrN4O2.HI/c1-11-10-20(8-9-22-11)15(17)19-7-6-18-14(21)12-2-4-13(16)5-3-12;/h2-5,11H,6-10H2,1H3,(H2,17,19)(H,18,21);1H. The molecule has 1 unspecified atom stereocenters. The first-order valence-corrected chi connectivity index (χ1v) is 8.06. The zero-order chi connectivity index (χ0) is 15.9. The number of guanidine groups is 1. The Balaban J connectivity index is 0.00000264. The highest BCUT2D eigenvalue weighted by Crippen LogP contribution is 2.10. The maximum Gasteiger partial charge on any atom is 0.251 e. The fourth-order valence-electron chi connectivity index (χ4n) is 2.17. The molecule has 1 aromatic carbocycles. The summed E-state index contributed by atoms with van der Waals surface area (Å²) in [7, 11) is 0. The summed E-state index contributed by atoms with van der Waals surface area (Å²) < 4.78 is 6.41. The monoisotopic (exact) mass is 496 g/mol. The fourth-order valence-corrected chi connectivity index (χ4v) is 2.43. The predicted molar refractivity (Wildman–Crippen MR) is 105 cm³/mol. The van der Waals surface area contributed by atoms with E-state index in [2.05, 4.69) is 26.2 Å². The first-order valence-electron chi connectivity index (χ1n) is 7.26. The number of carbonyl (C=O) groups excluding carboxylic acids is 1. The molecule has 6 nitrogen and oxygen atoms in total. The van der Waals surface area contributed by atoms with Crippen LogP contribution in [-0.4, -0.2) is 55.7 Å². The molecule has 1 fully saturated rings. The SMILES string of the molecule is CC1CN(C(N)=NCCNC(=O)c2ccc(Br)cc2)CCO1.I. The highest BCUT2D eigenvalue weighted by atomic mass is 127. The van der Waals surface area contributed by atoms with E-state index < -0.39 is 0 Å². The second-order valence-electron chi connectivity index (χ2n) is 5.13. The molecule has 1 amide bonds. The molecule has 1 aliphatic heterocycles. The number of nitrogens with one attached hydrogen (secondary N) is 1. The van der Waals surface area contributed by atoms with E-state index >= 15 is 0 Å². The number of carbonyl (C=O) groups is 1. The second-order valence-corrected chi connectivity index (χ2v) is 6.05. The van der Waals surface area contributed by atoms with Crippen LogP contribution >= 0.6 is 39.9 Å². The molecule has 0 aliphatic carbocycles. The molecule has 1 saturated heterocycles. The molecule has 0 saturated carbocycles. The van der Waals surface area contributed by atoms with Crippen molar-refractivity contribution < 1.29 is 9.53 Å². The fraction of sp³-hybridized carbons (Fsp3) is 0.467. The van der Waals surface area contributed by atoms with E-state index in [4.69, 9.17) is 10.5 Å². The van der Waals surface area contributed by atoms with Crippen LogP contribution in [0.4, 0.5) is 0 Å². The van der Waals surface area contributed by atoms with Crippen LogP contribution in [-0.2, 0) is 4.74 Å². The van der Waals surface area contributed by atoms with Crippen LogP contribution in [0, 0.1) is 0 Å². The van der Waals surface area contributed by atoms with Gasteiger partial charge in [0, 0.05) is 29.7 Å². The number of amides is 1. The van der Waals surface area contributed by atoms with E-state index in [1.54, 1.807) is 12.1 Å². The molecule has 2 rings (SSSR count). The van der Waals surface area contributed by atoms with E-state index in [9.17, 15) is 4.79 Å². The zero-order valence-corrected chi connectivity index (χ0v) is 16.9. The Hall–Kier alpha value is -0.870. The van der Waals surface area contributed by atoms with Crippen molar-refractivity contribution >= 4 is 51.8 Å². The van der Waals surface area contributed by atoms with Gasteiger partial charge in [-0.25, -0.2) is 0 Å². The number of ether oxygens (including phenoxy) is 1. The molecule has 0 aromatic heterocycles. The molecule has 3 N–H and O–H groups in total. The predicted octanol–water partition coefficient (Wildman–Crippen LogP) is 1.83. The molecular weight excluding hydrogens is 475 g/mol. The van der Waals surface area contributed by atoms with Crippen molar-refractivity contribution in [1.82, 2.24) is 10.2 Å². The lowest BCUT2D eigenvalue weighted by Crippen LogP contribution is -2.48. The summed E-state index contributed by atoms with van der Waals surface area (Å²) in [4.78, 5) is 18.2. The van der Waals surface area contributed by atoms with Gasteiger partial charge in [-0.2, -0.15) is 0 Å². The van der Waals surface area contributed by atoms with Gasteiger partial charge in [-0.3, -0.25) is 9.79 Å². The average Bonchev–Trinajstić information content (AvgIpc) is 2.51. The zero-order valence-electron chi connectivity index (χ0n) is 13.0. The lowest BCUT2D eigenvalue weighted by molar-refractivity contribution is 0.00530. The van der Waals surface area contributed by atoms with Crippen LogP contribution < -0.4 is 11.1 Å². The number of rotatable bonds is 4. The average molecular weight is 497 g/mol. The van der Waals surface area contributed by atoms with Crippen LogP contribution in [0.25, 0.3) is 0 Å². The Bertz CT molecular complexity index is 539. The van der Waals surface area contributed by atoms with Crippen molar-refractivity contribution in [2.24, 2.45) is 10.7 Å². The minimum Gasteiger partial charge on any atom is -0.375 e. The molecule has 1 aromatic rings. The Morgan fingerprint density at radius 3 is 2.83 bits per heavy atom. The van der Waals surface area contributed by atoms with E-state index in [1.165, 1.54) is 0 Å². The topological polar surface area (TPSA) is 80.0 Å². The van der Waals surface area contributed by atoms with Crippen LogP contribution in [0.1, 0.15) is 17.3 Å². The Morgan fingerprint density at radius 1 is 1.48 bits per heavy atom. The van der Waals surface area contributed by atoms with Crippen molar-refractivity contribution in [2.75, 3.05) is 32.8 Å². The van der Waals surface area contributed by atoms with Gasteiger partial charge in [-0.05, 0) is 31.2 Å². The van der Waals surface area contributed by atoms with E-state index in [0.717, 1.165) is 17.6 Å². The normalized spacial score (nSPS) is 18.3. The van der Waals surface area contributed by atoms with Gasteiger partial charge < -0.3 is 20.7 Å². The number of nitrogens with zero attached hydrogens (tertiary/aromatic N) is 2. The van der Waals surface area contributed by atoms with Gasteiger partial charge in [0.2, 0.25) is 0 Å². The molecule has 1 heterocycles. The molecule has 1 aliphatic rings. The molecule has 8 heteroatoms. The smallest absolute Gasteiger partial charge is 0.251 e. The highest BCUT2D eigenvalue weighted by Gasteiger charge is 2.17. The van der Waals surface area contributed by atoms with Crippen molar-refractivity contribution in [3.8, 4) is 0 Å². The molecular formula is C15H22BrIN4O2. The first-order chi connectivity index (χ1) is 10.6. The summed E-state index contributed by atoms with van der Waals surface area (Å²) in [6, 6.07) is 7.22. The van der Waals surface area contributed by atoms with Crippen molar-refractivity contribution in [1.29, 1.82) is 0 Å². The number of aliphatic imine (C=N–C) groups is 1. The van der Waals surface area contributed by atoms with Crippen molar-refractivity contribution in [3.63, 3.8) is 0 Å². The molecule has 0 spiro atoms. The summed E-state index contributed by atoms with van der Waals surface area (Å²) in [6.45, 7) is 5.09. The van der Waals surface area contributed by atoms with Crippen LogP contribution in [0.2, 0.25) is 0 Å². The lowest BCUT2D eigenvalue weighted by Gasteiger charge is -2.31. The highest BCUT2D eigenvalue weighted by molar-refractivity contribution is 14.0. The maximum atomic E-state index is 11.9. The minimum atomic E-state index is -0.110. The number of benzene rings is 1. The summed E-state index contributed by atoms with van der Waals surface area (Å²) in [5, 5.41) is 2.83. The summed E-state index contributed by atoms with van der Waals surface area (Å²) in [5.74, 6) is 0.398.